The molecule has 2 aromatic rings. The molecular weight excluding hydrogens is 408 g/mol. The molecule has 7 heteroatoms. The van der Waals surface area contributed by atoms with Gasteiger partial charge in [-0.1, -0.05) is 30.3 Å². The van der Waals surface area contributed by atoms with Gasteiger partial charge in [-0.2, -0.15) is 0 Å². The number of hydrogen-bond acceptors (Lipinski definition) is 6. The molecule has 7 nitrogen and oxygen atoms in total. The van der Waals surface area contributed by atoms with Gasteiger partial charge in [-0.05, 0) is 29.7 Å². The first-order chi connectivity index (χ1) is 15.6. The Bertz CT molecular complexity index is 1000. The molecule has 2 aromatic carbocycles. The fraction of sp³-hybridized carbons (Fsp3) is 0.400. The minimum atomic E-state index is -0.523. The van der Waals surface area contributed by atoms with Gasteiger partial charge < -0.3 is 19.7 Å². The van der Waals surface area contributed by atoms with E-state index in [0.29, 0.717) is 43.9 Å². The summed E-state index contributed by atoms with van der Waals surface area (Å²) < 4.78 is 11.1. The highest BCUT2D eigenvalue weighted by molar-refractivity contribution is 6.07. The third-order valence-corrected chi connectivity index (χ3v) is 6.00. The Hall–Kier alpha value is -3.03. The summed E-state index contributed by atoms with van der Waals surface area (Å²) in [7, 11) is 1.68. The van der Waals surface area contributed by atoms with Gasteiger partial charge in [-0.25, -0.2) is 0 Å². The van der Waals surface area contributed by atoms with Crippen LogP contribution in [0.4, 0.5) is 0 Å². The van der Waals surface area contributed by atoms with Crippen LogP contribution in [-0.2, 0) is 34.0 Å². The third-order valence-electron chi connectivity index (χ3n) is 6.00. The van der Waals surface area contributed by atoms with Gasteiger partial charge in [-0.3, -0.25) is 14.4 Å². The largest absolute Gasteiger partial charge is 0.489 e. The predicted molar refractivity (Wildman–Crippen MR) is 118 cm³/mol. The zero-order chi connectivity index (χ0) is 22.5. The number of carbonyl (C=O) groups is 3. The lowest BCUT2D eigenvalue weighted by molar-refractivity contribution is -0.133. The van der Waals surface area contributed by atoms with Crippen LogP contribution in [0, 0.1) is 0 Å². The van der Waals surface area contributed by atoms with E-state index in [9.17, 15) is 14.4 Å². The van der Waals surface area contributed by atoms with Crippen LogP contribution < -0.4 is 10.1 Å². The monoisotopic (exact) mass is 436 g/mol. The molecule has 2 aliphatic rings. The summed E-state index contributed by atoms with van der Waals surface area (Å²) in [4.78, 5) is 38.4. The van der Waals surface area contributed by atoms with Gasteiger partial charge in [0, 0.05) is 37.7 Å². The zero-order valence-corrected chi connectivity index (χ0v) is 18.3. The van der Waals surface area contributed by atoms with Gasteiger partial charge in [0.1, 0.15) is 18.1 Å². The maximum Gasteiger partial charge on any atom is 0.255 e. The molecule has 1 fully saturated rings. The van der Waals surface area contributed by atoms with E-state index >= 15 is 0 Å². The quantitative estimate of drug-likeness (QED) is 0.481. The number of carbonyl (C=O) groups excluding carboxylic acids is 3. The standard InChI is InChI=1S/C25H28N2O5/c1-31-12-11-26-14-17-5-7-18(8-6-17)16-32-24-4-2-3-20-21(24)15-27(25(20)30)22-10-9-19(28)13-23(22)29/h2-8,22,26H,9-16H2,1H3. The molecule has 168 valence electrons. The van der Waals surface area contributed by atoms with Crippen LogP contribution in [0.15, 0.2) is 42.5 Å². The molecule has 1 amide bonds. The lowest BCUT2D eigenvalue weighted by Crippen LogP contribution is -2.44. The molecular formula is C25H28N2O5. The molecule has 0 spiro atoms. The average Bonchev–Trinajstić information content (AvgIpc) is 3.13. The predicted octanol–water partition coefficient (Wildman–Crippen LogP) is 2.65. The Balaban J connectivity index is 1.38. The number of nitrogens with one attached hydrogen (secondary N) is 1. The molecule has 0 saturated heterocycles. The van der Waals surface area contributed by atoms with Gasteiger partial charge >= 0.3 is 0 Å². The van der Waals surface area contributed by atoms with Gasteiger partial charge in [0.2, 0.25) is 0 Å². The van der Waals surface area contributed by atoms with Crippen molar-refractivity contribution in [2.75, 3.05) is 20.3 Å². The zero-order valence-electron chi connectivity index (χ0n) is 18.3. The molecule has 4 rings (SSSR count). The molecule has 32 heavy (non-hydrogen) atoms. The Morgan fingerprint density at radius 1 is 1.06 bits per heavy atom. The Morgan fingerprint density at radius 3 is 2.59 bits per heavy atom. The number of ether oxygens (including phenoxy) is 2. The SMILES string of the molecule is COCCNCc1ccc(COc2cccc3c2CN(C2CCC(=O)CC2=O)C3=O)cc1. The highest BCUT2D eigenvalue weighted by Gasteiger charge is 2.39. The van der Waals surface area contributed by atoms with E-state index in [0.717, 1.165) is 24.2 Å². The Morgan fingerprint density at radius 2 is 1.84 bits per heavy atom. The number of fused-ring (bicyclic) bond motifs is 1. The molecule has 1 atom stereocenters. The second kappa shape index (κ2) is 10.1. The molecule has 0 radical (unpaired) electrons. The maximum absolute atomic E-state index is 12.9. The Labute approximate surface area is 187 Å². The summed E-state index contributed by atoms with van der Waals surface area (Å²) in [5, 5.41) is 3.31. The molecule has 0 bridgehead atoms. The number of benzene rings is 2. The van der Waals surface area contributed by atoms with Crippen molar-refractivity contribution in [2.24, 2.45) is 0 Å². The summed E-state index contributed by atoms with van der Waals surface area (Å²) >= 11 is 0. The smallest absolute Gasteiger partial charge is 0.255 e. The molecule has 1 aliphatic carbocycles. The topological polar surface area (TPSA) is 84.9 Å². The Kier molecular flexibility index (Phi) is 6.97. The van der Waals surface area contributed by atoms with Crippen LogP contribution in [-0.4, -0.2) is 48.7 Å². The van der Waals surface area contributed by atoms with E-state index < -0.39 is 6.04 Å². The van der Waals surface area contributed by atoms with Crippen molar-refractivity contribution in [3.05, 3.63) is 64.7 Å². The maximum atomic E-state index is 12.9. The van der Waals surface area contributed by atoms with Crippen LogP contribution >= 0.6 is 0 Å². The van der Waals surface area contributed by atoms with Crippen molar-refractivity contribution in [3.63, 3.8) is 0 Å². The molecule has 1 aliphatic heterocycles. The second-order valence-corrected chi connectivity index (χ2v) is 8.23. The van der Waals surface area contributed by atoms with Gasteiger partial charge in [0.05, 0.1) is 25.6 Å². The van der Waals surface area contributed by atoms with Crippen LogP contribution in [0.3, 0.4) is 0 Å². The van der Waals surface area contributed by atoms with Gasteiger partial charge in [0.25, 0.3) is 5.91 Å². The number of rotatable bonds is 9. The number of hydrogen-bond donors (Lipinski definition) is 1. The minimum absolute atomic E-state index is 0.0452. The molecule has 1 saturated carbocycles. The van der Waals surface area contributed by atoms with Gasteiger partial charge in [-0.15, -0.1) is 0 Å². The van der Waals surface area contributed by atoms with Crippen LogP contribution in [0.2, 0.25) is 0 Å². The number of nitrogens with zero attached hydrogens (tertiary/aromatic N) is 1. The van der Waals surface area contributed by atoms with Crippen molar-refractivity contribution in [2.45, 2.75) is 45.0 Å². The highest BCUT2D eigenvalue weighted by atomic mass is 16.5. The molecule has 1 unspecified atom stereocenters. The summed E-state index contributed by atoms with van der Waals surface area (Å²) in [5.41, 5.74) is 3.60. The van der Waals surface area contributed by atoms with Crippen LogP contribution in [0.5, 0.6) is 5.75 Å². The van der Waals surface area contributed by atoms with Crippen molar-refractivity contribution >= 4 is 17.5 Å². The molecule has 1 N–H and O–H groups in total. The van der Waals surface area contributed by atoms with Crippen LogP contribution in [0.1, 0.15) is 46.3 Å². The fourth-order valence-corrected chi connectivity index (χ4v) is 4.22. The normalized spacial score (nSPS) is 18.2. The van der Waals surface area contributed by atoms with Crippen molar-refractivity contribution < 1.29 is 23.9 Å². The summed E-state index contributed by atoms with van der Waals surface area (Å²) in [6, 6.07) is 13.1. The van der Waals surface area contributed by atoms with E-state index in [-0.39, 0.29) is 23.9 Å². The minimum Gasteiger partial charge on any atom is -0.489 e. The van der Waals surface area contributed by atoms with Crippen molar-refractivity contribution in [1.29, 1.82) is 0 Å². The fourth-order valence-electron chi connectivity index (χ4n) is 4.22. The van der Waals surface area contributed by atoms with E-state index in [1.807, 2.05) is 18.2 Å². The molecule has 1 heterocycles. The lowest BCUT2D eigenvalue weighted by atomic mass is 9.92. The number of amides is 1. The summed E-state index contributed by atoms with van der Waals surface area (Å²) in [6.07, 6.45) is 0.671. The van der Waals surface area contributed by atoms with Crippen molar-refractivity contribution in [1.82, 2.24) is 10.2 Å². The van der Waals surface area contributed by atoms with E-state index in [4.69, 9.17) is 9.47 Å². The van der Waals surface area contributed by atoms with E-state index in [1.165, 1.54) is 5.56 Å². The lowest BCUT2D eigenvalue weighted by Gasteiger charge is -2.29. The summed E-state index contributed by atoms with van der Waals surface area (Å²) in [6.45, 7) is 2.99. The van der Waals surface area contributed by atoms with Crippen LogP contribution in [0.25, 0.3) is 0 Å². The number of ketones is 2. The average molecular weight is 437 g/mol. The van der Waals surface area contributed by atoms with E-state index in [2.05, 4.69) is 17.4 Å². The summed E-state index contributed by atoms with van der Waals surface area (Å²) in [5.74, 6) is 0.282. The van der Waals surface area contributed by atoms with Crippen molar-refractivity contribution in [3.8, 4) is 5.75 Å². The molecule has 0 aromatic heterocycles. The van der Waals surface area contributed by atoms with E-state index in [1.54, 1.807) is 24.1 Å². The first-order valence-corrected chi connectivity index (χ1v) is 10.9. The number of methoxy groups -OCH3 is 1. The highest BCUT2D eigenvalue weighted by Crippen LogP contribution is 2.34. The third kappa shape index (κ3) is 4.89. The first-order valence-electron chi connectivity index (χ1n) is 10.9. The number of Topliss-reactive ketones (excluding diaryl/α,β-unsaturated/α-hetero) is 2. The first kappa shape index (κ1) is 22.2. The second-order valence-electron chi connectivity index (χ2n) is 8.23. The van der Waals surface area contributed by atoms with Gasteiger partial charge in [0.15, 0.2) is 5.78 Å².